The average Bonchev–Trinajstić information content (AvgIpc) is 1.67. The molecule has 0 saturated carbocycles. The first-order chi connectivity index (χ1) is 3.62. The molecule has 0 rings (SSSR count). The van der Waals surface area contributed by atoms with Crippen molar-refractivity contribution in [1.82, 2.24) is 0 Å². The quantitative estimate of drug-likeness (QED) is 0.305. The van der Waals surface area contributed by atoms with Crippen LogP contribution in [0.5, 0.6) is 0 Å². The fourth-order valence-electron chi connectivity index (χ4n) is 0.289. The van der Waals surface area contributed by atoms with Crippen molar-refractivity contribution in [3.05, 3.63) is 0 Å². The van der Waals surface area contributed by atoms with Crippen LogP contribution >= 0.6 is 15.9 Å². The summed E-state index contributed by atoms with van der Waals surface area (Å²) in [5, 5.41) is 0. The lowest BCUT2D eigenvalue weighted by Gasteiger charge is -2.25. The summed E-state index contributed by atoms with van der Waals surface area (Å²) < 4.78 is 12.3. The van der Waals surface area contributed by atoms with Crippen molar-refractivity contribution in [2.75, 3.05) is 32.8 Å². The van der Waals surface area contributed by atoms with Crippen LogP contribution in [0, 0.1) is 0 Å². The highest BCUT2D eigenvalue weighted by molar-refractivity contribution is 9.09. The molecule has 0 saturated heterocycles. The van der Waals surface area contributed by atoms with Crippen molar-refractivity contribution in [1.29, 1.82) is 0 Å². The summed E-state index contributed by atoms with van der Waals surface area (Å²) >= 11 is 3.28. The van der Waals surface area contributed by atoms with E-state index in [4.69, 9.17) is 0 Å². The Kier molecular flexibility index (Phi) is 7.47. The molecule has 0 radical (unpaired) electrons. The minimum absolute atomic E-state index is 0. The normalized spacial score (nSPS) is 10.7. The minimum atomic E-state index is -0.238. The number of rotatable bonds is 3. The van der Waals surface area contributed by atoms with E-state index in [1.54, 1.807) is 0 Å². The summed E-state index contributed by atoms with van der Waals surface area (Å²) in [6.07, 6.45) is 0. The number of quaternary nitrogens is 1. The monoisotopic (exact) mass is 219 g/mol. The molecule has 0 spiro atoms. The predicted molar refractivity (Wildman–Crippen MR) is 36.7 cm³/mol. The number of alkyl halides is 2. The fourth-order valence-corrected chi connectivity index (χ4v) is 0.539. The minimum Gasteiger partial charge on any atom is -1.00 e. The van der Waals surface area contributed by atoms with E-state index in [-0.39, 0.29) is 19.1 Å². The maximum absolute atomic E-state index is 11.6. The van der Waals surface area contributed by atoms with Crippen molar-refractivity contribution in [2.45, 2.75) is 0 Å². The number of hydrogen-bond donors (Lipinski definition) is 0. The standard InChI is InChI=1S/C5H12BrFN.ClH/c1-8(2,5-6)4-3-7;/h3-5H2,1-2H3;1H/q+1;/p-1. The van der Waals surface area contributed by atoms with E-state index in [1.807, 2.05) is 14.1 Å². The number of hydrogen-bond acceptors (Lipinski definition) is 0. The maximum Gasteiger partial charge on any atom is 0.138 e. The molecule has 0 aliphatic carbocycles. The van der Waals surface area contributed by atoms with Gasteiger partial charge in [0.2, 0.25) is 0 Å². The van der Waals surface area contributed by atoms with E-state index in [2.05, 4.69) is 15.9 Å². The fraction of sp³-hybridized carbons (Fsp3) is 1.00. The Morgan fingerprint density at radius 2 is 1.89 bits per heavy atom. The van der Waals surface area contributed by atoms with Gasteiger partial charge in [-0.2, -0.15) is 0 Å². The summed E-state index contributed by atoms with van der Waals surface area (Å²) in [5.41, 5.74) is 0.816. The Labute approximate surface area is 70.4 Å². The molecular formula is C5H12BrClFN. The van der Waals surface area contributed by atoms with E-state index in [9.17, 15) is 4.39 Å². The van der Waals surface area contributed by atoms with Crippen molar-refractivity contribution in [3.63, 3.8) is 0 Å². The van der Waals surface area contributed by atoms with Gasteiger partial charge in [-0.1, -0.05) is 0 Å². The first kappa shape index (κ1) is 12.3. The molecule has 0 amide bonds. The van der Waals surface area contributed by atoms with E-state index in [1.165, 1.54) is 0 Å². The number of nitrogens with zero attached hydrogens (tertiary/aromatic N) is 1. The third kappa shape index (κ3) is 6.55. The van der Waals surface area contributed by atoms with Gasteiger partial charge < -0.3 is 16.9 Å². The van der Waals surface area contributed by atoms with Crippen molar-refractivity contribution in [2.24, 2.45) is 0 Å². The molecule has 0 heterocycles. The zero-order valence-corrected chi connectivity index (χ0v) is 8.04. The first-order valence-corrected chi connectivity index (χ1v) is 3.68. The van der Waals surface area contributed by atoms with Crippen LogP contribution in [-0.4, -0.2) is 37.3 Å². The van der Waals surface area contributed by atoms with Gasteiger partial charge in [-0.25, -0.2) is 4.39 Å². The zero-order chi connectivity index (χ0) is 6.62. The topological polar surface area (TPSA) is 0 Å². The van der Waals surface area contributed by atoms with Gasteiger partial charge >= 0.3 is 0 Å². The third-order valence-corrected chi connectivity index (χ3v) is 2.37. The van der Waals surface area contributed by atoms with Crippen molar-refractivity contribution in [3.8, 4) is 0 Å². The van der Waals surface area contributed by atoms with Crippen LogP contribution in [0.3, 0.4) is 0 Å². The molecule has 1 nitrogen and oxygen atoms in total. The van der Waals surface area contributed by atoms with Crippen LogP contribution in [0.4, 0.5) is 4.39 Å². The molecule has 58 valence electrons. The van der Waals surface area contributed by atoms with Gasteiger partial charge in [0.1, 0.15) is 18.7 Å². The molecule has 0 unspecified atom stereocenters. The Morgan fingerprint density at radius 1 is 1.44 bits per heavy atom. The largest absolute Gasteiger partial charge is 1.00 e. The predicted octanol–water partition coefficient (Wildman–Crippen LogP) is -1.61. The molecule has 0 N–H and O–H groups in total. The van der Waals surface area contributed by atoms with Gasteiger partial charge in [-0.05, 0) is 15.9 Å². The van der Waals surface area contributed by atoms with Crippen LogP contribution in [0.15, 0.2) is 0 Å². The Bertz CT molecular complexity index is 70.0. The molecule has 0 aromatic heterocycles. The molecule has 0 fully saturated rings. The van der Waals surface area contributed by atoms with Crippen LogP contribution in [0.25, 0.3) is 0 Å². The average molecular weight is 221 g/mol. The highest BCUT2D eigenvalue weighted by Gasteiger charge is 2.10. The molecular weight excluding hydrogens is 208 g/mol. The van der Waals surface area contributed by atoms with Crippen molar-refractivity contribution >= 4 is 15.9 Å². The SMILES string of the molecule is C[N+](C)(CBr)CCF.[Cl-]. The van der Waals surface area contributed by atoms with E-state index in [0.29, 0.717) is 11.0 Å². The molecule has 0 atom stereocenters. The van der Waals surface area contributed by atoms with Crippen molar-refractivity contribution < 1.29 is 21.3 Å². The van der Waals surface area contributed by atoms with Gasteiger partial charge in [0.05, 0.1) is 14.1 Å². The second-order valence-electron chi connectivity index (χ2n) is 2.47. The Hall–Kier alpha value is 0.660. The lowest BCUT2D eigenvalue weighted by atomic mass is 10.6. The molecule has 0 aromatic carbocycles. The third-order valence-electron chi connectivity index (χ3n) is 1.01. The molecule has 0 aliphatic heterocycles. The maximum atomic E-state index is 11.6. The second-order valence-corrected chi connectivity index (χ2v) is 2.97. The van der Waals surface area contributed by atoms with Gasteiger partial charge in [0.15, 0.2) is 0 Å². The second kappa shape index (κ2) is 5.45. The van der Waals surface area contributed by atoms with E-state index < -0.39 is 0 Å². The zero-order valence-electron chi connectivity index (χ0n) is 5.70. The highest BCUT2D eigenvalue weighted by Crippen LogP contribution is 1.99. The van der Waals surface area contributed by atoms with Crippen LogP contribution in [0.2, 0.25) is 0 Å². The lowest BCUT2D eigenvalue weighted by Crippen LogP contribution is -3.00. The molecule has 4 heteroatoms. The first-order valence-electron chi connectivity index (χ1n) is 2.56. The summed E-state index contributed by atoms with van der Waals surface area (Å²) in [6.45, 7) is 0.351. The molecule has 9 heavy (non-hydrogen) atoms. The molecule has 0 aromatic rings. The summed E-state index contributed by atoms with van der Waals surface area (Å²) in [4.78, 5) is 0. The highest BCUT2D eigenvalue weighted by atomic mass is 79.9. The summed E-state index contributed by atoms with van der Waals surface area (Å²) in [5.74, 6) is 0. The van der Waals surface area contributed by atoms with E-state index in [0.717, 1.165) is 5.45 Å². The van der Waals surface area contributed by atoms with Crippen LogP contribution in [-0.2, 0) is 0 Å². The Morgan fingerprint density at radius 3 is 2.00 bits per heavy atom. The molecule has 0 bridgehead atoms. The smallest absolute Gasteiger partial charge is 0.138 e. The summed E-state index contributed by atoms with van der Waals surface area (Å²) in [6, 6.07) is 0. The van der Waals surface area contributed by atoms with Gasteiger partial charge in [-0.15, -0.1) is 0 Å². The van der Waals surface area contributed by atoms with Gasteiger partial charge in [-0.3, -0.25) is 0 Å². The molecule has 0 aliphatic rings. The van der Waals surface area contributed by atoms with Crippen LogP contribution < -0.4 is 12.4 Å². The van der Waals surface area contributed by atoms with E-state index >= 15 is 0 Å². The Balaban J connectivity index is 0. The van der Waals surface area contributed by atoms with Gasteiger partial charge in [0.25, 0.3) is 0 Å². The van der Waals surface area contributed by atoms with Gasteiger partial charge in [0, 0.05) is 0 Å². The van der Waals surface area contributed by atoms with Crippen LogP contribution in [0.1, 0.15) is 0 Å². The summed E-state index contributed by atoms with van der Waals surface area (Å²) in [7, 11) is 3.96. The number of halogens is 3. The lowest BCUT2D eigenvalue weighted by molar-refractivity contribution is -0.876.